The van der Waals surface area contributed by atoms with Crippen molar-refractivity contribution in [2.75, 3.05) is 5.88 Å². The van der Waals surface area contributed by atoms with E-state index in [2.05, 4.69) is 12.2 Å². The van der Waals surface area contributed by atoms with Gasteiger partial charge in [0.05, 0.1) is 11.8 Å². The monoisotopic (exact) mass is 268 g/mol. The van der Waals surface area contributed by atoms with E-state index in [1.807, 2.05) is 48.5 Å². The number of carbonyl (C=O) groups excluding carboxylic acids is 1. The van der Waals surface area contributed by atoms with Crippen molar-refractivity contribution < 1.29 is 4.79 Å². The summed E-state index contributed by atoms with van der Waals surface area (Å²) in [4.78, 5) is 12.3. The zero-order valence-electron chi connectivity index (χ0n) is 10.3. The fourth-order valence-electron chi connectivity index (χ4n) is 2.62. The molecule has 0 fully saturated rings. The number of benzene rings is 2. The maximum Gasteiger partial charge on any atom is 0.159 e. The molecular weight excluding hydrogens is 256 g/mol. The Labute approximate surface area is 117 Å². The van der Waals surface area contributed by atoms with E-state index in [0.717, 1.165) is 22.3 Å². The summed E-state index contributed by atoms with van der Waals surface area (Å²) < 4.78 is 0. The molecule has 1 aliphatic rings. The average Bonchev–Trinajstić information content (AvgIpc) is 2.63. The van der Waals surface area contributed by atoms with Gasteiger partial charge >= 0.3 is 0 Å². The van der Waals surface area contributed by atoms with Gasteiger partial charge < -0.3 is 0 Å². The van der Waals surface area contributed by atoms with Crippen LogP contribution in [0.4, 0.5) is 0 Å². The van der Waals surface area contributed by atoms with Crippen molar-refractivity contribution >= 4 is 29.5 Å². The Morgan fingerprint density at radius 1 is 0.895 bits per heavy atom. The molecule has 0 saturated carbocycles. The second-order valence-electron chi connectivity index (χ2n) is 4.62. The van der Waals surface area contributed by atoms with E-state index in [4.69, 9.17) is 11.6 Å². The van der Waals surface area contributed by atoms with E-state index in [1.165, 1.54) is 0 Å². The molecule has 19 heavy (non-hydrogen) atoms. The van der Waals surface area contributed by atoms with Crippen molar-refractivity contribution in [3.05, 3.63) is 70.8 Å². The summed E-state index contributed by atoms with van der Waals surface area (Å²) in [6.45, 7) is 0. The van der Waals surface area contributed by atoms with Gasteiger partial charge in [-0.25, -0.2) is 0 Å². The highest BCUT2D eigenvalue weighted by Gasteiger charge is 2.26. The molecular formula is C17H13ClO. The first-order valence-corrected chi connectivity index (χ1v) is 6.79. The predicted molar refractivity (Wildman–Crippen MR) is 79.4 cm³/mol. The molecule has 0 spiro atoms. The van der Waals surface area contributed by atoms with Crippen LogP contribution in [0, 0.1) is 0 Å². The van der Waals surface area contributed by atoms with E-state index in [9.17, 15) is 4.79 Å². The minimum Gasteiger partial charge on any atom is -0.297 e. The maximum absolute atomic E-state index is 12.3. The van der Waals surface area contributed by atoms with Crippen molar-refractivity contribution in [2.45, 2.75) is 5.92 Å². The highest BCUT2D eigenvalue weighted by molar-refractivity contribution is 6.28. The van der Waals surface area contributed by atoms with Crippen LogP contribution in [0.1, 0.15) is 28.2 Å². The number of carbonyl (C=O) groups is 1. The van der Waals surface area contributed by atoms with Gasteiger partial charge in [0, 0.05) is 0 Å². The number of ketones is 1. The molecule has 0 heterocycles. The Morgan fingerprint density at radius 2 is 1.37 bits per heavy atom. The third-order valence-electron chi connectivity index (χ3n) is 3.51. The third-order valence-corrected chi connectivity index (χ3v) is 3.77. The lowest BCUT2D eigenvalue weighted by Crippen LogP contribution is -2.16. The van der Waals surface area contributed by atoms with Crippen molar-refractivity contribution in [1.29, 1.82) is 0 Å². The summed E-state index contributed by atoms with van der Waals surface area (Å²) in [7, 11) is 0. The minimum atomic E-state index is -0.264. The summed E-state index contributed by atoms with van der Waals surface area (Å²) in [5, 5.41) is 0. The van der Waals surface area contributed by atoms with Crippen LogP contribution < -0.4 is 0 Å². The highest BCUT2D eigenvalue weighted by Crippen LogP contribution is 2.35. The summed E-state index contributed by atoms with van der Waals surface area (Å²) in [5.74, 6) is -0.182. The van der Waals surface area contributed by atoms with Crippen molar-refractivity contribution in [1.82, 2.24) is 0 Å². The molecule has 2 heteroatoms. The number of hydrogen-bond acceptors (Lipinski definition) is 1. The van der Waals surface area contributed by atoms with Crippen LogP contribution in [0.5, 0.6) is 0 Å². The SMILES string of the molecule is O=C(CCl)C1c2ccccc2C=Cc2ccccc21. The Morgan fingerprint density at radius 3 is 1.84 bits per heavy atom. The van der Waals surface area contributed by atoms with Crippen LogP contribution >= 0.6 is 11.6 Å². The largest absolute Gasteiger partial charge is 0.297 e. The summed E-state index contributed by atoms with van der Waals surface area (Å²) in [6.07, 6.45) is 4.13. The molecule has 0 bridgehead atoms. The molecule has 0 N–H and O–H groups in total. The fraction of sp³-hybridized carbons (Fsp3) is 0.118. The average molecular weight is 269 g/mol. The minimum absolute atomic E-state index is 0.0351. The van der Waals surface area contributed by atoms with Gasteiger partial charge in [-0.1, -0.05) is 60.7 Å². The summed E-state index contributed by atoms with van der Waals surface area (Å²) in [5.41, 5.74) is 4.24. The van der Waals surface area contributed by atoms with Gasteiger partial charge in [0.1, 0.15) is 0 Å². The second-order valence-corrected chi connectivity index (χ2v) is 4.89. The molecule has 94 valence electrons. The molecule has 1 aliphatic carbocycles. The summed E-state index contributed by atoms with van der Waals surface area (Å²) >= 11 is 5.80. The lowest BCUT2D eigenvalue weighted by molar-refractivity contribution is -0.117. The first-order valence-electron chi connectivity index (χ1n) is 6.26. The van der Waals surface area contributed by atoms with Gasteiger partial charge in [-0.2, -0.15) is 0 Å². The van der Waals surface area contributed by atoms with Gasteiger partial charge in [-0.3, -0.25) is 4.79 Å². The summed E-state index contributed by atoms with van der Waals surface area (Å²) in [6, 6.07) is 16.0. The molecule has 0 saturated heterocycles. The van der Waals surface area contributed by atoms with E-state index in [1.54, 1.807) is 0 Å². The van der Waals surface area contributed by atoms with Gasteiger partial charge in [-0.05, 0) is 22.3 Å². The van der Waals surface area contributed by atoms with Crippen LogP contribution in [0.3, 0.4) is 0 Å². The first kappa shape index (κ1) is 12.2. The molecule has 0 amide bonds. The molecule has 0 unspecified atom stereocenters. The first-order chi connectivity index (χ1) is 9.31. The zero-order valence-corrected chi connectivity index (χ0v) is 11.1. The molecule has 0 atom stereocenters. The van der Waals surface area contributed by atoms with Crippen molar-refractivity contribution in [3.63, 3.8) is 0 Å². The molecule has 1 nitrogen and oxygen atoms in total. The van der Waals surface area contributed by atoms with Crippen LogP contribution in [0.2, 0.25) is 0 Å². The van der Waals surface area contributed by atoms with Crippen LogP contribution in [-0.2, 0) is 4.79 Å². The van der Waals surface area contributed by atoms with Gasteiger partial charge in [0.25, 0.3) is 0 Å². The second kappa shape index (κ2) is 5.02. The Balaban J connectivity index is 2.27. The third kappa shape index (κ3) is 2.11. The molecule has 2 aromatic carbocycles. The number of halogens is 1. The molecule has 0 aliphatic heterocycles. The number of alkyl halides is 1. The lowest BCUT2D eigenvalue weighted by atomic mass is 9.85. The van der Waals surface area contributed by atoms with Crippen LogP contribution in [0.15, 0.2) is 48.5 Å². The number of hydrogen-bond donors (Lipinski definition) is 0. The maximum atomic E-state index is 12.3. The van der Waals surface area contributed by atoms with Crippen LogP contribution in [-0.4, -0.2) is 11.7 Å². The topological polar surface area (TPSA) is 17.1 Å². The molecule has 3 rings (SSSR count). The van der Waals surface area contributed by atoms with Crippen molar-refractivity contribution in [3.8, 4) is 0 Å². The fourth-order valence-corrected chi connectivity index (χ4v) is 2.78. The quantitative estimate of drug-likeness (QED) is 0.749. The Kier molecular flexibility index (Phi) is 3.22. The Bertz CT molecular complexity index is 608. The van der Waals surface area contributed by atoms with Gasteiger partial charge in [-0.15, -0.1) is 11.6 Å². The smallest absolute Gasteiger partial charge is 0.159 e. The number of Topliss-reactive ketones (excluding diaryl/α,β-unsaturated/α-hetero) is 1. The molecule has 0 radical (unpaired) electrons. The van der Waals surface area contributed by atoms with Crippen molar-refractivity contribution in [2.24, 2.45) is 0 Å². The normalized spacial score (nSPS) is 13.5. The number of rotatable bonds is 2. The lowest BCUT2D eigenvalue weighted by Gasteiger charge is -2.18. The molecule has 2 aromatic rings. The van der Waals surface area contributed by atoms with Gasteiger partial charge in [0.15, 0.2) is 5.78 Å². The van der Waals surface area contributed by atoms with E-state index in [0.29, 0.717) is 0 Å². The zero-order chi connectivity index (χ0) is 13.2. The molecule has 0 aromatic heterocycles. The van der Waals surface area contributed by atoms with E-state index in [-0.39, 0.29) is 17.6 Å². The number of fused-ring (bicyclic) bond motifs is 2. The highest BCUT2D eigenvalue weighted by atomic mass is 35.5. The van der Waals surface area contributed by atoms with E-state index < -0.39 is 0 Å². The standard InChI is InChI=1S/C17H13ClO/c18-11-16(19)17-14-7-3-1-5-12(14)9-10-13-6-2-4-8-15(13)17/h1-10,17H,11H2. The van der Waals surface area contributed by atoms with E-state index >= 15 is 0 Å². The Hall–Kier alpha value is -1.86. The van der Waals surface area contributed by atoms with Gasteiger partial charge in [0.2, 0.25) is 0 Å². The van der Waals surface area contributed by atoms with Crippen LogP contribution in [0.25, 0.3) is 12.2 Å². The predicted octanol–water partition coefficient (Wildman–Crippen LogP) is 4.11.